The fourth-order valence-electron chi connectivity index (χ4n) is 5.08. The molecule has 43 heavy (non-hydrogen) atoms. The molecule has 10 nitrogen and oxygen atoms in total. The average Bonchev–Trinajstić information content (AvgIpc) is 3.56. The van der Waals surface area contributed by atoms with E-state index in [4.69, 9.17) is 19.0 Å². The first-order valence-electron chi connectivity index (χ1n) is 15.8. The minimum absolute atomic E-state index is 0.0244. The second kappa shape index (κ2) is 15.3. The van der Waals surface area contributed by atoms with Gasteiger partial charge >= 0.3 is 12.2 Å². The van der Waals surface area contributed by atoms with E-state index in [0.717, 1.165) is 18.4 Å². The smallest absolute Gasteiger partial charge is 0.437 e. The zero-order chi connectivity index (χ0) is 31.6. The largest absolute Gasteiger partial charge is 0.444 e. The summed E-state index contributed by atoms with van der Waals surface area (Å²) in [5.74, 6) is 0.912. The number of nitrogens with zero attached hydrogens (tertiary/aromatic N) is 4. The number of likely N-dealkylation sites (tertiary alicyclic amines) is 1. The molecule has 1 fully saturated rings. The fourth-order valence-corrected chi connectivity index (χ4v) is 5.08. The van der Waals surface area contributed by atoms with E-state index >= 15 is 0 Å². The van der Waals surface area contributed by atoms with E-state index in [9.17, 15) is 9.59 Å². The summed E-state index contributed by atoms with van der Waals surface area (Å²) in [5.41, 5.74) is 1.97. The number of amides is 2. The topological polar surface area (TPSA) is 119 Å². The molecule has 1 N–H and O–H groups in total. The van der Waals surface area contributed by atoms with E-state index in [1.54, 1.807) is 46.4 Å². The molecule has 1 aliphatic rings. The first kappa shape index (κ1) is 34.1. The number of aromatic nitrogens is 2. The van der Waals surface area contributed by atoms with E-state index in [1.807, 2.05) is 6.07 Å². The standard InChI is InChI=1S/C33H51N5O5/c1-9-10-11-12-13-14-15-17-24-19-20-25(22-23(24)2)27-34-28(43-37-27)26-18-16-21-38(26)29(35-30(39)41-32(3,4)5)36-31(40)42-33(6,7)8/h19-20,22,26H,9-18,21H2,1-8H3,(H,35,36,39,40). The predicted molar refractivity (Wildman–Crippen MR) is 168 cm³/mol. The van der Waals surface area contributed by atoms with E-state index in [1.165, 1.54) is 56.1 Å². The lowest BCUT2D eigenvalue weighted by Crippen LogP contribution is -2.46. The molecule has 0 spiro atoms. The highest BCUT2D eigenvalue weighted by molar-refractivity contribution is 5.99. The van der Waals surface area contributed by atoms with Gasteiger partial charge < -0.3 is 18.9 Å². The Balaban J connectivity index is 1.73. The van der Waals surface area contributed by atoms with E-state index in [-0.39, 0.29) is 12.0 Å². The van der Waals surface area contributed by atoms with Gasteiger partial charge in [-0.2, -0.15) is 4.98 Å². The molecule has 1 saturated heterocycles. The van der Waals surface area contributed by atoms with Crippen LogP contribution in [0.15, 0.2) is 27.7 Å². The van der Waals surface area contributed by atoms with Crippen molar-refractivity contribution in [2.45, 2.75) is 137 Å². The summed E-state index contributed by atoms with van der Waals surface area (Å²) in [6, 6.07) is 5.94. The maximum atomic E-state index is 12.7. The number of nitrogens with one attached hydrogen (secondary N) is 1. The van der Waals surface area contributed by atoms with Crippen molar-refractivity contribution in [1.82, 2.24) is 20.4 Å². The maximum absolute atomic E-state index is 12.7. The van der Waals surface area contributed by atoms with Crippen LogP contribution in [0, 0.1) is 6.92 Å². The molecule has 1 aromatic carbocycles. The third-order valence-electron chi connectivity index (χ3n) is 7.11. The summed E-state index contributed by atoms with van der Waals surface area (Å²) >= 11 is 0. The Morgan fingerprint density at radius 1 is 1.02 bits per heavy atom. The minimum Gasteiger partial charge on any atom is -0.444 e. The maximum Gasteiger partial charge on any atom is 0.437 e. The minimum atomic E-state index is -0.817. The Labute approximate surface area is 257 Å². The lowest BCUT2D eigenvalue weighted by atomic mass is 9.99. The molecular weight excluding hydrogens is 546 g/mol. The van der Waals surface area contributed by atoms with Crippen molar-refractivity contribution >= 4 is 18.1 Å². The van der Waals surface area contributed by atoms with Crippen molar-refractivity contribution < 1.29 is 23.6 Å². The lowest BCUT2D eigenvalue weighted by Gasteiger charge is -2.27. The van der Waals surface area contributed by atoms with Crippen molar-refractivity contribution in [3.05, 3.63) is 35.2 Å². The molecule has 238 valence electrons. The number of guanidine groups is 1. The summed E-state index contributed by atoms with van der Waals surface area (Å²) in [4.78, 5) is 35.9. The van der Waals surface area contributed by atoms with Gasteiger partial charge in [-0.1, -0.05) is 62.7 Å². The Bertz CT molecular complexity index is 1240. The van der Waals surface area contributed by atoms with Crippen LogP contribution in [0.1, 0.15) is 129 Å². The number of hydrogen-bond acceptors (Lipinski definition) is 7. The van der Waals surface area contributed by atoms with Crippen LogP contribution in [0.4, 0.5) is 9.59 Å². The monoisotopic (exact) mass is 597 g/mol. The fraction of sp³-hybridized carbons (Fsp3) is 0.667. The number of ether oxygens (including phenoxy) is 2. The van der Waals surface area contributed by atoms with Crippen LogP contribution >= 0.6 is 0 Å². The highest BCUT2D eigenvalue weighted by atomic mass is 16.6. The van der Waals surface area contributed by atoms with Crippen LogP contribution < -0.4 is 5.32 Å². The molecule has 1 aromatic heterocycles. The van der Waals surface area contributed by atoms with E-state index in [0.29, 0.717) is 24.7 Å². The third kappa shape index (κ3) is 11.3. The summed E-state index contributed by atoms with van der Waals surface area (Å²) in [6.45, 7) is 15.4. The summed E-state index contributed by atoms with van der Waals surface area (Å²) in [5, 5.41) is 6.91. The second-order valence-corrected chi connectivity index (χ2v) is 13.4. The number of alkyl carbamates (subject to hydrolysis) is 1. The summed E-state index contributed by atoms with van der Waals surface area (Å²) < 4.78 is 16.5. The SMILES string of the molecule is CCCCCCCCCc1ccc(-c2noc(C3CCCN3C(=NC(=O)OC(C)(C)C)NC(=O)OC(C)(C)C)n2)cc1C. The average molecular weight is 598 g/mol. The van der Waals surface area contributed by atoms with Crippen LogP contribution in [0.5, 0.6) is 0 Å². The number of aliphatic imine (C=N–C) groups is 1. The first-order valence-corrected chi connectivity index (χ1v) is 15.8. The molecule has 2 heterocycles. The highest BCUT2D eigenvalue weighted by Gasteiger charge is 2.35. The van der Waals surface area contributed by atoms with Crippen molar-refractivity contribution in [3.8, 4) is 11.4 Å². The number of carbonyl (C=O) groups excluding carboxylic acids is 2. The van der Waals surface area contributed by atoms with Gasteiger partial charge in [0.15, 0.2) is 0 Å². The van der Waals surface area contributed by atoms with Crippen LogP contribution in [0.2, 0.25) is 0 Å². The van der Waals surface area contributed by atoms with Crippen LogP contribution in [-0.4, -0.2) is 50.9 Å². The van der Waals surface area contributed by atoms with E-state index in [2.05, 4.69) is 41.4 Å². The van der Waals surface area contributed by atoms with Gasteiger partial charge in [-0.15, -0.1) is 4.99 Å². The molecule has 2 amide bonds. The number of benzene rings is 1. The molecule has 0 aliphatic carbocycles. The molecule has 0 bridgehead atoms. The third-order valence-corrected chi connectivity index (χ3v) is 7.11. The van der Waals surface area contributed by atoms with Crippen molar-refractivity contribution in [1.29, 1.82) is 0 Å². The molecule has 1 aliphatic heterocycles. The zero-order valence-corrected chi connectivity index (χ0v) is 27.4. The predicted octanol–water partition coefficient (Wildman–Crippen LogP) is 8.29. The normalized spacial score (nSPS) is 16.0. The Hall–Kier alpha value is -3.43. The molecular formula is C33H51N5O5. The zero-order valence-electron chi connectivity index (χ0n) is 27.4. The number of rotatable bonds is 10. The molecule has 0 saturated carbocycles. The second-order valence-electron chi connectivity index (χ2n) is 13.4. The Kier molecular flexibility index (Phi) is 12.2. The van der Waals surface area contributed by atoms with Crippen LogP contribution in [0.3, 0.4) is 0 Å². The Morgan fingerprint density at radius 3 is 2.35 bits per heavy atom. The van der Waals surface area contributed by atoms with E-state index < -0.39 is 23.4 Å². The van der Waals surface area contributed by atoms with Crippen LogP contribution in [-0.2, 0) is 15.9 Å². The first-order chi connectivity index (χ1) is 20.3. The lowest BCUT2D eigenvalue weighted by molar-refractivity contribution is 0.0553. The molecule has 2 aromatic rings. The molecule has 3 rings (SSSR count). The van der Waals surface area contributed by atoms with Crippen LogP contribution in [0.25, 0.3) is 11.4 Å². The molecule has 10 heteroatoms. The van der Waals surface area contributed by atoms with Gasteiger partial charge in [0.1, 0.15) is 17.2 Å². The van der Waals surface area contributed by atoms with Gasteiger partial charge in [-0.05, 0) is 91.3 Å². The summed E-state index contributed by atoms with van der Waals surface area (Å²) in [6.07, 6.45) is 10.0. The highest BCUT2D eigenvalue weighted by Crippen LogP contribution is 2.33. The molecule has 1 atom stereocenters. The van der Waals surface area contributed by atoms with Gasteiger partial charge in [0.2, 0.25) is 17.7 Å². The Morgan fingerprint density at radius 2 is 1.70 bits per heavy atom. The van der Waals surface area contributed by atoms with Crippen molar-refractivity contribution in [2.75, 3.05) is 6.54 Å². The number of aryl methyl sites for hydroxylation is 2. The number of hydrogen-bond donors (Lipinski definition) is 1. The van der Waals surface area contributed by atoms with Crippen molar-refractivity contribution in [3.63, 3.8) is 0 Å². The quantitative estimate of drug-likeness (QED) is 0.165. The number of unbranched alkanes of at least 4 members (excludes halogenated alkanes) is 6. The molecule has 0 radical (unpaired) electrons. The summed E-state index contributed by atoms with van der Waals surface area (Å²) in [7, 11) is 0. The van der Waals surface area contributed by atoms with Gasteiger partial charge in [-0.3, -0.25) is 5.32 Å². The van der Waals surface area contributed by atoms with Gasteiger partial charge in [0.25, 0.3) is 0 Å². The number of carbonyl (C=O) groups is 2. The van der Waals surface area contributed by atoms with Gasteiger partial charge in [-0.25, -0.2) is 9.59 Å². The molecule has 1 unspecified atom stereocenters. The van der Waals surface area contributed by atoms with Gasteiger partial charge in [0.05, 0.1) is 0 Å². The van der Waals surface area contributed by atoms with Gasteiger partial charge in [0, 0.05) is 12.1 Å². The van der Waals surface area contributed by atoms with Crippen molar-refractivity contribution in [2.24, 2.45) is 4.99 Å².